The molecule has 144 valence electrons. The van der Waals surface area contributed by atoms with Crippen LogP contribution in [-0.2, 0) is 4.79 Å². The first-order chi connectivity index (χ1) is 12.8. The predicted molar refractivity (Wildman–Crippen MR) is 95.8 cm³/mol. The molecule has 0 saturated heterocycles. The number of ether oxygens (including phenoxy) is 1. The zero-order valence-electron chi connectivity index (χ0n) is 14.8. The number of non-ortho nitro benzene ring substituents is 1. The van der Waals surface area contributed by atoms with Gasteiger partial charge in [-0.1, -0.05) is 24.3 Å². The molecule has 1 atom stereocenters. The van der Waals surface area contributed by atoms with Crippen molar-refractivity contribution in [1.82, 2.24) is 4.90 Å². The number of rotatable bonds is 8. The summed E-state index contributed by atoms with van der Waals surface area (Å²) in [7, 11) is 1.69. The second-order valence-electron chi connectivity index (χ2n) is 5.87. The Bertz CT molecular complexity index is 817. The summed E-state index contributed by atoms with van der Waals surface area (Å²) in [5, 5.41) is 13.4. The number of nitrogens with one attached hydrogen (secondary N) is 1. The van der Waals surface area contributed by atoms with Gasteiger partial charge in [-0.3, -0.25) is 19.8 Å². The highest BCUT2D eigenvalue weighted by Gasteiger charge is 2.18. The van der Waals surface area contributed by atoms with Gasteiger partial charge < -0.3 is 10.1 Å². The van der Waals surface area contributed by atoms with Crippen molar-refractivity contribution >= 4 is 17.3 Å². The van der Waals surface area contributed by atoms with Crippen molar-refractivity contribution in [2.75, 3.05) is 18.9 Å². The van der Waals surface area contributed by atoms with Crippen LogP contribution in [0.25, 0.3) is 0 Å². The first-order valence-corrected chi connectivity index (χ1v) is 8.06. The summed E-state index contributed by atoms with van der Waals surface area (Å²) in [6.45, 7) is -1.24. The molecule has 0 aliphatic rings. The minimum absolute atomic E-state index is 0.0322. The number of alkyl halides is 2. The van der Waals surface area contributed by atoms with E-state index in [1.165, 1.54) is 30.3 Å². The van der Waals surface area contributed by atoms with Gasteiger partial charge in [0.1, 0.15) is 5.75 Å². The largest absolute Gasteiger partial charge is 0.433 e. The van der Waals surface area contributed by atoms with Crippen LogP contribution < -0.4 is 10.1 Å². The van der Waals surface area contributed by atoms with Gasteiger partial charge >= 0.3 is 6.61 Å². The van der Waals surface area contributed by atoms with Gasteiger partial charge in [-0.05, 0) is 31.7 Å². The minimum atomic E-state index is -3.00. The molecule has 0 aliphatic heterocycles. The maximum absolute atomic E-state index is 12.4. The lowest BCUT2D eigenvalue weighted by atomic mass is 10.1. The van der Waals surface area contributed by atoms with E-state index in [4.69, 9.17) is 0 Å². The third-order valence-corrected chi connectivity index (χ3v) is 3.99. The summed E-state index contributed by atoms with van der Waals surface area (Å²) < 4.78 is 29.3. The Morgan fingerprint density at radius 2 is 1.96 bits per heavy atom. The van der Waals surface area contributed by atoms with Crippen LogP contribution >= 0.6 is 0 Å². The van der Waals surface area contributed by atoms with Crippen LogP contribution in [0.4, 0.5) is 20.2 Å². The van der Waals surface area contributed by atoms with E-state index in [9.17, 15) is 23.7 Å². The van der Waals surface area contributed by atoms with Crippen LogP contribution in [0.2, 0.25) is 0 Å². The summed E-state index contributed by atoms with van der Waals surface area (Å²) in [5.74, 6) is -0.560. The maximum atomic E-state index is 12.4. The van der Waals surface area contributed by atoms with E-state index in [1.807, 2.05) is 0 Å². The lowest BCUT2D eigenvalue weighted by Crippen LogP contribution is -2.32. The number of carbonyl (C=O) groups is 1. The molecule has 1 amide bonds. The number of amides is 1. The molecule has 1 N–H and O–H groups in total. The van der Waals surface area contributed by atoms with Crippen LogP contribution in [0.5, 0.6) is 5.75 Å². The molecule has 0 saturated carbocycles. The van der Waals surface area contributed by atoms with Crippen molar-refractivity contribution in [2.24, 2.45) is 0 Å². The number of benzene rings is 2. The fraction of sp³-hybridized carbons (Fsp3) is 0.278. The molecule has 27 heavy (non-hydrogen) atoms. The summed E-state index contributed by atoms with van der Waals surface area (Å²) in [6, 6.07) is 11.8. The number of hydrogen-bond acceptors (Lipinski definition) is 5. The van der Waals surface area contributed by atoms with Crippen molar-refractivity contribution in [1.29, 1.82) is 0 Å². The average molecular weight is 379 g/mol. The highest BCUT2D eigenvalue weighted by atomic mass is 19.3. The lowest BCUT2D eigenvalue weighted by molar-refractivity contribution is -0.384. The number of likely N-dealkylation sites (N-methyl/N-ethyl adjacent to an activating group) is 1. The molecule has 1 unspecified atom stereocenters. The van der Waals surface area contributed by atoms with Gasteiger partial charge in [0, 0.05) is 18.2 Å². The Hall–Kier alpha value is -3.07. The average Bonchev–Trinajstić information content (AvgIpc) is 2.62. The molecular formula is C18H19F2N3O4. The molecule has 0 aliphatic carbocycles. The van der Waals surface area contributed by atoms with Gasteiger partial charge in [0.2, 0.25) is 5.91 Å². The normalized spacial score (nSPS) is 12.1. The van der Waals surface area contributed by atoms with Crippen LogP contribution in [0.1, 0.15) is 18.5 Å². The Kier molecular flexibility index (Phi) is 6.78. The van der Waals surface area contributed by atoms with E-state index in [1.54, 1.807) is 37.1 Å². The van der Waals surface area contributed by atoms with E-state index in [0.29, 0.717) is 5.56 Å². The zero-order chi connectivity index (χ0) is 20.0. The standard InChI is InChI=1S/C18H19F2N3O4/c1-12(13-6-5-7-14(10-13)23(25)26)22(2)11-17(24)21-15-8-3-4-9-16(15)27-18(19)20/h3-10,12,18H,11H2,1-2H3,(H,21,24). The third-order valence-electron chi connectivity index (χ3n) is 3.99. The third kappa shape index (κ3) is 5.71. The van der Waals surface area contributed by atoms with Crippen LogP contribution in [0.15, 0.2) is 48.5 Å². The second kappa shape index (κ2) is 9.04. The van der Waals surface area contributed by atoms with Gasteiger partial charge in [0.05, 0.1) is 17.2 Å². The predicted octanol–water partition coefficient (Wildman–Crippen LogP) is 3.83. The summed E-state index contributed by atoms with van der Waals surface area (Å²) in [5.41, 5.74) is 0.787. The monoisotopic (exact) mass is 379 g/mol. The second-order valence-corrected chi connectivity index (χ2v) is 5.87. The van der Waals surface area contributed by atoms with Crippen LogP contribution in [-0.4, -0.2) is 35.9 Å². The van der Waals surface area contributed by atoms with Crippen LogP contribution in [0, 0.1) is 10.1 Å². The molecule has 0 bridgehead atoms. The lowest BCUT2D eigenvalue weighted by Gasteiger charge is -2.24. The van der Waals surface area contributed by atoms with Gasteiger partial charge in [-0.25, -0.2) is 0 Å². The summed E-state index contributed by atoms with van der Waals surface area (Å²) >= 11 is 0. The molecule has 9 heteroatoms. The van der Waals surface area contributed by atoms with Crippen LogP contribution in [0.3, 0.4) is 0 Å². The Morgan fingerprint density at radius 1 is 1.26 bits per heavy atom. The fourth-order valence-corrected chi connectivity index (χ4v) is 2.47. The zero-order valence-corrected chi connectivity index (χ0v) is 14.8. The summed E-state index contributed by atoms with van der Waals surface area (Å²) in [6.07, 6.45) is 0. The number of nitrogens with zero attached hydrogens (tertiary/aromatic N) is 2. The number of carbonyl (C=O) groups excluding carboxylic acids is 1. The van der Waals surface area contributed by atoms with Gasteiger partial charge in [0.25, 0.3) is 5.69 Å². The number of halogens is 2. The van der Waals surface area contributed by atoms with Crippen molar-refractivity contribution in [3.8, 4) is 5.75 Å². The molecule has 0 spiro atoms. The Balaban J connectivity index is 2.03. The van der Waals surface area contributed by atoms with E-state index < -0.39 is 17.4 Å². The molecule has 2 rings (SSSR count). The van der Waals surface area contributed by atoms with Gasteiger partial charge in [-0.15, -0.1) is 0 Å². The summed E-state index contributed by atoms with van der Waals surface area (Å²) in [4.78, 5) is 24.4. The number of anilines is 1. The highest BCUT2D eigenvalue weighted by molar-refractivity contribution is 5.93. The van der Waals surface area contributed by atoms with E-state index in [0.717, 1.165) is 0 Å². The van der Waals surface area contributed by atoms with E-state index in [2.05, 4.69) is 10.1 Å². The molecule has 0 aromatic heterocycles. The molecule has 0 radical (unpaired) electrons. The fourth-order valence-electron chi connectivity index (χ4n) is 2.47. The quantitative estimate of drug-likeness (QED) is 0.557. The van der Waals surface area contributed by atoms with E-state index >= 15 is 0 Å². The Morgan fingerprint density at radius 3 is 2.63 bits per heavy atom. The Labute approximate surface area is 154 Å². The smallest absolute Gasteiger partial charge is 0.387 e. The van der Waals surface area contributed by atoms with E-state index in [-0.39, 0.29) is 29.7 Å². The number of nitro benzene ring substituents is 1. The molecule has 2 aromatic carbocycles. The maximum Gasteiger partial charge on any atom is 0.387 e. The van der Waals surface area contributed by atoms with Crippen molar-refractivity contribution in [3.63, 3.8) is 0 Å². The van der Waals surface area contributed by atoms with Gasteiger partial charge in [-0.2, -0.15) is 8.78 Å². The molecule has 7 nitrogen and oxygen atoms in total. The molecule has 0 heterocycles. The van der Waals surface area contributed by atoms with Crippen molar-refractivity contribution < 1.29 is 23.2 Å². The first-order valence-electron chi connectivity index (χ1n) is 8.06. The van der Waals surface area contributed by atoms with Crippen molar-refractivity contribution in [2.45, 2.75) is 19.6 Å². The SMILES string of the molecule is CC(c1cccc([N+](=O)[O-])c1)N(C)CC(=O)Nc1ccccc1OC(F)F. The molecular weight excluding hydrogens is 360 g/mol. The van der Waals surface area contributed by atoms with Crippen molar-refractivity contribution in [3.05, 3.63) is 64.2 Å². The number of nitro groups is 1. The first kappa shape index (κ1) is 20.2. The highest BCUT2D eigenvalue weighted by Crippen LogP contribution is 2.26. The minimum Gasteiger partial charge on any atom is -0.433 e. The topological polar surface area (TPSA) is 84.7 Å². The number of hydrogen-bond donors (Lipinski definition) is 1. The molecule has 0 fully saturated rings. The molecule has 2 aromatic rings. The number of para-hydroxylation sites is 2. The van der Waals surface area contributed by atoms with Gasteiger partial charge in [0.15, 0.2) is 0 Å².